The molecule has 2 rings (SSSR count). The summed E-state index contributed by atoms with van der Waals surface area (Å²) in [5.41, 5.74) is 2.33. The van der Waals surface area contributed by atoms with Gasteiger partial charge in [-0.2, -0.15) is 0 Å². The highest BCUT2D eigenvalue weighted by Gasteiger charge is 2.27. The number of unbranched alkanes of at least 4 members (excludes halogenated alkanes) is 2. The molecule has 5 nitrogen and oxygen atoms in total. The Morgan fingerprint density at radius 3 is 2.00 bits per heavy atom. The van der Waals surface area contributed by atoms with Crippen molar-refractivity contribution in [3.63, 3.8) is 0 Å². The number of carbonyl (C=O) groups is 1. The standard InChI is InChI=1S/C22H30N2O3S/c1-22(2,3)28(26,27)24-17-9-5-8-16-23-20-14-12-19(13-15-20)21(25)18-10-6-4-7-11-18/h4,6-7,10-15,23-24H,5,8-9,16-17H2,1-3H3. The van der Waals surface area contributed by atoms with Crippen LogP contribution in [-0.2, 0) is 10.0 Å². The maximum atomic E-state index is 12.4. The van der Waals surface area contributed by atoms with Crippen LogP contribution in [0.4, 0.5) is 5.69 Å². The molecule has 0 spiro atoms. The number of benzene rings is 2. The predicted molar refractivity (Wildman–Crippen MR) is 115 cm³/mol. The number of anilines is 1. The average Bonchev–Trinajstić information content (AvgIpc) is 2.67. The van der Waals surface area contributed by atoms with Gasteiger partial charge in [0.25, 0.3) is 0 Å². The molecule has 0 fully saturated rings. The van der Waals surface area contributed by atoms with E-state index >= 15 is 0 Å². The fourth-order valence-corrected chi connectivity index (χ4v) is 3.42. The van der Waals surface area contributed by atoms with Crippen LogP contribution in [0.1, 0.15) is 56.0 Å². The minimum atomic E-state index is -3.26. The van der Waals surface area contributed by atoms with E-state index in [0.717, 1.165) is 31.5 Å². The Labute approximate surface area is 168 Å². The van der Waals surface area contributed by atoms with Crippen molar-refractivity contribution in [1.29, 1.82) is 0 Å². The van der Waals surface area contributed by atoms with Crippen molar-refractivity contribution in [2.75, 3.05) is 18.4 Å². The van der Waals surface area contributed by atoms with E-state index in [9.17, 15) is 13.2 Å². The number of hydrogen-bond acceptors (Lipinski definition) is 4. The molecule has 0 aliphatic heterocycles. The second kappa shape index (κ2) is 9.85. The van der Waals surface area contributed by atoms with Gasteiger partial charge in [0, 0.05) is 29.9 Å². The van der Waals surface area contributed by atoms with Crippen molar-refractivity contribution in [2.45, 2.75) is 44.8 Å². The van der Waals surface area contributed by atoms with Gasteiger partial charge in [-0.05, 0) is 57.9 Å². The van der Waals surface area contributed by atoms with Crippen LogP contribution in [0, 0.1) is 0 Å². The largest absolute Gasteiger partial charge is 0.385 e. The first kappa shape index (κ1) is 22.1. The van der Waals surface area contributed by atoms with Gasteiger partial charge < -0.3 is 5.32 Å². The van der Waals surface area contributed by atoms with E-state index in [4.69, 9.17) is 0 Å². The average molecular weight is 403 g/mol. The number of carbonyl (C=O) groups excluding carboxylic acids is 1. The van der Waals surface area contributed by atoms with Gasteiger partial charge in [0.05, 0.1) is 4.75 Å². The molecule has 2 aromatic rings. The zero-order chi connectivity index (χ0) is 20.6. The quantitative estimate of drug-likeness (QED) is 0.461. The van der Waals surface area contributed by atoms with Crippen LogP contribution < -0.4 is 10.0 Å². The van der Waals surface area contributed by atoms with Gasteiger partial charge in [-0.1, -0.05) is 36.8 Å². The van der Waals surface area contributed by atoms with Gasteiger partial charge >= 0.3 is 0 Å². The Balaban J connectivity index is 1.68. The molecule has 0 aliphatic rings. The third kappa shape index (κ3) is 6.46. The van der Waals surface area contributed by atoms with Crippen molar-refractivity contribution in [3.05, 3.63) is 65.7 Å². The van der Waals surface area contributed by atoms with Crippen molar-refractivity contribution in [2.24, 2.45) is 0 Å². The molecule has 6 heteroatoms. The molecule has 2 aromatic carbocycles. The molecule has 0 bridgehead atoms. The summed E-state index contributed by atoms with van der Waals surface area (Å²) in [5, 5.41) is 3.33. The summed E-state index contributed by atoms with van der Waals surface area (Å²) in [6, 6.07) is 16.7. The molecular weight excluding hydrogens is 372 g/mol. The Bertz CT molecular complexity index is 855. The smallest absolute Gasteiger partial charge is 0.216 e. The van der Waals surface area contributed by atoms with Crippen LogP contribution >= 0.6 is 0 Å². The molecule has 0 saturated heterocycles. The SMILES string of the molecule is CC(C)(C)S(=O)(=O)NCCCCCNc1ccc(C(=O)c2ccccc2)cc1. The van der Waals surface area contributed by atoms with Crippen LogP contribution in [0.3, 0.4) is 0 Å². The van der Waals surface area contributed by atoms with Gasteiger partial charge in [-0.3, -0.25) is 4.79 Å². The molecule has 2 N–H and O–H groups in total. The van der Waals surface area contributed by atoms with E-state index in [2.05, 4.69) is 10.0 Å². The lowest BCUT2D eigenvalue weighted by Crippen LogP contribution is -2.39. The van der Waals surface area contributed by atoms with E-state index in [1.807, 2.05) is 54.6 Å². The molecule has 0 heterocycles. The molecule has 0 saturated carbocycles. The molecule has 0 atom stereocenters. The maximum Gasteiger partial charge on any atom is 0.216 e. The van der Waals surface area contributed by atoms with E-state index in [1.165, 1.54) is 0 Å². The molecule has 0 radical (unpaired) electrons. The first-order valence-electron chi connectivity index (χ1n) is 9.63. The van der Waals surface area contributed by atoms with E-state index in [0.29, 0.717) is 17.7 Å². The Hall–Kier alpha value is -2.18. The summed E-state index contributed by atoms with van der Waals surface area (Å²) in [7, 11) is -3.26. The minimum absolute atomic E-state index is 0.0184. The summed E-state index contributed by atoms with van der Waals surface area (Å²) in [6.07, 6.45) is 2.69. The summed E-state index contributed by atoms with van der Waals surface area (Å²) in [5.74, 6) is 0.0184. The second-order valence-electron chi connectivity index (χ2n) is 7.77. The lowest BCUT2D eigenvalue weighted by molar-refractivity contribution is 0.103. The van der Waals surface area contributed by atoms with Gasteiger partial charge in [-0.15, -0.1) is 0 Å². The van der Waals surface area contributed by atoms with Crippen LogP contribution in [0.25, 0.3) is 0 Å². The second-order valence-corrected chi connectivity index (χ2v) is 10.3. The topological polar surface area (TPSA) is 75.3 Å². The summed E-state index contributed by atoms with van der Waals surface area (Å²) in [4.78, 5) is 12.4. The first-order chi connectivity index (χ1) is 13.2. The minimum Gasteiger partial charge on any atom is -0.385 e. The predicted octanol–water partition coefficient (Wildman–Crippen LogP) is 4.22. The van der Waals surface area contributed by atoms with Gasteiger partial charge in [-0.25, -0.2) is 13.1 Å². The van der Waals surface area contributed by atoms with Crippen LogP contribution in [-0.4, -0.2) is 32.0 Å². The number of rotatable bonds is 10. The van der Waals surface area contributed by atoms with Crippen molar-refractivity contribution in [3.8, 4) is 0 Å². The zero-order valence-corrected chi connectivity index (χ0v) is 17.7. The number of ketones is 1. The molecule has 0 aromatic heterocycles. The van der Waals surface area contributed by atoms with Crippen molar-refractivity contribution in [1.82, 2.24) is 4.72 Å². The van der Waals surface area contributed by atoms with Crippen molar-refractivity contribution < 1.29 is 13.2 Å². The van der Waals surface area contributed by atoms with Gasteiger partial charge in [0.15, 0.2) is 5.78 Å². The highest BCUT2D eigenvalue weighted by atomic mass is 32.2. The summed E-state index contributed by atoms with van der Waals surface area (Å²) >= 11 is 0. The van der Waals surface area contributed by atoms with Gasteiger partial charge in [0.2, 0.25) is 10.0 Å². The zero-order valence-electron chi connectivity index (χ0n) is 16.9. The molecule has 0 aliphatic carbocycles. The van der Waals surface area contributed by atoms with Crippen LogP contribution in [0.5, 0.6) is 0 Å². The molecular formula is C22H30N2O3S. The normalized spacial score (nSPS) is 12.0. The molecule has 0 amide bonds. The maximum absolute atomic E-state index is 12.4. The highest BCUT2D eigenvalue weighted by molar-refractivity contribution is 7.90. The van der Waals surface area contributed by atoms with Crippen LogP contribution in [0.15, 0.2) is 54.6 Å². The van der Waals surface area contributed by atoms with E-state index < -0.39 is 14.8 Å². The summed E-state index contributed by atoms with van der Waals surface area (Å²) in [6.45, 7) is 6.35. The first-order valence-corrected chi connectivity index (χ1v) is 11.1. The Morgan fingerprint density at radius 1 is 0.821 bits per heavy atom. The molecule has 0 unspecified atom stereocenters. The summed E-state index contributed by atoms with van der Waals surface area (Å²) < 4.78 is 25.8. The lowest BCUT2D eigenvalue weighted by Gasteiger charge is -2.19. The monoisotopic (exact) mass is 402 g/mol. The lowest BCUT2D eigenvalue weighted by atomic mass is 10.0. The highest BCUT2D eigenvalue weighted by Crippen LogP contribution is 2.15. The molecule has 152 valence electrons. The van der Waals surface area contributed by atoms with E-state index in [-0.39, 0.29) is 5.78 Å². The van der Waals surface area contributed by atoms with Crippen molar-refractivity contribution >= 4 is 21.5 Å². The van der Waals surface area contributed by atoms with E-state index in [1.54, 1.807) is 20.8 Å². The van der Waals surface area contributed by atoms with Crippen LogP contribution in [0.2, 0.25) is 0 Å². The number of sulfonamides is 1. The third-order valence-corrected chi connectivity index (χ3v) is 6.66. The third-order valence-electron chi connectivity index (χ3n) is 4.46. The fourth-order valence-electron chi connectivity index (χ4n) is 2.58. The molecule has 28 heavy (non-hydrogen) atoms. The Kier molecular flexibility index (Phi) is 7.78. The number of hydrogen-bond donors (Lipinski definition) is 2. The fraction of sp³-hybridized carbons (Fsp3) is 0.409. The van der Waals surface area contributed by atoms with Gasteiger partial charge in [0.1, 0.15) is 0 Å². The Morgan fingerprint density at radius 2 is 1.39 bits per heavy atom. The number of nitrogens with one attached hydrogen (secondary N) is 2.